The van der Waals surface area contributed by atoms with E-state index in [4.69, 9.17) is 0 Å². The minimum Gasteiger partial charge on any atom is -0.406 e. The molecule has 0 aliphatic heterocycles. The molecule has 0 spiro atoms. The molecule has 0 radical (unpaired) electrons. The SMILES string of the molecule is Cc1cccc(C)c1NC(=O)NSN=Cc1ccc2c(ccn3c(-c4ccc(OC(F)(F)F)cc4)cnc23)c1. The summed E-state index contributed by atoms with van der Waals surface area (Å²) >= 11 is 0.920. The fraction of sp³-hybridized carbons (Fsp3) is 0.107. The van der Waals surface area contributed by atoms with Gasteiger partial charge in [-0.15, -0.1) is 13.2 Å². The van der Waals surface area contributed by atoms with Gasteiger partial charge in [0, 0.05) is 29.0 Å². The van der Waals surface area contributed by atoms with E-state index in [0.717, 1.165) is 51.0 Å². The number of amides is 2. The van der Waals surface area contributed by atoms with E-state index in [9.17, 15) is 18.0 Å². The second-order valence-electron chi connectivity index (χ2n) is 8.72. The summed E-state index contributed by atoms with van der Waals surface area (Å²) in [6, 6.07) is 18.8. The van der Waals surface area contributed by atoms with E-state index in [1.54, 1.807) is 24.5 Å². The number of ether oxygens (including phenoxy) is 1. The lowest BCUT2D eigenvalue weighted by Crippen LogP contribution is -2.23. The number of aryl methyl sites for hydroxylation is 2. The molecule has 39 heavy (non-hydrogen) atoms. The number of nitrogens with one attached hydrogen (secondary N) is 2. The number of fused-ring (bicyclic) bond motifs is 3. The van der Waals surface area contributed by atoms with Crippen LogP contribution in [-0.4, -0.2) is 28.0 Å². The van der Waals surface area contributed by atoms with Crippen molar-refractivity contribution in [2.45, 2.75) is 20.2 Å². The summed E-state index contributed by atoms with van der Waals surface area (Å²) in [6.45, 7) is 3.86. The number of alkyl halides is 3. The topological polar surface area (TPSA) is 80.0 Å². The maximum absolute atomic E-state index is 12.5. The van der Waals surface area contributed by atoms with Gasteiger partial charge < -0.3 is 10.1 Å². The Hall–Kier alpha value is -4.51. The second kappa shape index (κ2) is 10.7. The Kier molecular flexibility index (Phi) is 7.16. The van der Waals surface area contributed by atoms with E-state index in [0.29, 0.717) is 11.2 Å². The van der Waals surface area contributed by atoms with E-state index in [1.807, 2.05) is 66.9 Å². The molecule has 2 heterocycles. The van der Waals surface area contributed by atoms with E-state index >= 15 is 0 Å². The van der Waals surface area contributed by atoms with Crippen molar-refractivity contribution in [3.8, 4) is 17.0 Å². The molecular formula is C28H22F3N5O2S. The van der Waals surface area contributed by atoms with Crippen LogP contribution in [0.15, 0.2) is 83.5 Å². The first-order chi connectivity index (χ1) is 18.7. The van der Waals surface area contributed by atoms with Gasteiger partial charge in [-0.05, 0) is 78.4 Å². The van der Waals surface area contributed by atoms with E-state index < -0.39 is 6.36 Å². The van der Waals surface area contributed by atoms with Crippen LogP contribution in [0.25, 0.3) is 27.7 Å². The first-order valence-corrected chi connectivity index (χ1v) is 12.5. The fourth-order valence-electron chi connectivity index (χ4n) is 4.22. The monoisotopic (exact) mass is 549 g/mol. The van der Waals surface area contributed by atoms with Gasteiger partial charge >= 0.3 is 12.4 Å². The molecule has 7 nitrogen and oxygen atoms in total. The van der Waals surface area contributed by atoms with Crippen molar-refractivity contribution in [3.05, 3.63) is 95.8 Å². The van der Waals surface area contributed by atoms with E-state index in [1.165, 1.54) is 12.1 Å². The first kappa shape index (κ1) is 26.1. The zero-order valence-corrected chi connectivity index (χ0v) is 21.6. The van der Waals surface area contributed by atoms with Crippen LogP contribution in [0.5, 0.6) is 5.75 Å². The summed E-state index contributed by atoms with van der Waals surface area (Å²) in [4.78, 5) is 16.8. The molecule has 5 aromatic rings. The number of benzene rings is 3. The summed E-state index contributed by atoms with van der Waals surface area (Å²) in [5.41, 5.74) is 5.70. The standard InChI is InChI=1S/C28H22F3N5O2S/c1-17-4-3-5-18(2)25(17)34-27(37)35-39-33-15-19-6-11-23-21(14-19)12-13-36-24(16-32-26(23)36)20-7-9-22(10-8-20)38-28(29,30)31/h3-16H,1-2H3,(H2,34,35,37). The van der Waals surface area contributed by atoms with Crippen molar-refractivity contribution in [2.75, 3.05) is 5.32 Å². The largest absolute Gasteiger partial charge is 0.573 e. The van der Waals surface area contributed by atoms with E-state index in [-0.39, 0.29) is 11.8 Å². The number of carbonyl (C=O) groups is 1. The van der Waals surface area contributed by atoms with Crippen LogP contribution in [0.2, 0.25) is 0 Å². The highest BCUT2D eigenvalue weighted by Crippen LogP contribution is 2.29. The minimum atomic E-state index is -4.74. The predicted octanol–water partition coefficient (Wildman–Crippen LogP) is 7.47. The maximum Gasteiger partial charge on any atom is 0.573 e. The number of urea groups is 1. The van der Waals surface area contributed by atoms with Gasteiger partial charge in [0.2, 0.25) is 0 Å². The predicted molar refractivity (Wildman–Crippen MR) is 148 cm³/mol. The number of pyridine rings is 1. The van der Waals surface area contributed by atoms with Crippen molar-refractivity contribution < 1.29 is 22.7 Å². The van der Waals surface area contributed by atoms with Crippen LogP contribution >= 0.6 is 12.1 Å². The molecule has 2 aromatic heterocycles. The average molecular weight is 550 g/mol. The number of imidazole rings is 1. The Labute approximate surface area is 226 Å². The van der Waals surface area contributed by atoms with E-state index in [2.05, 4.69) is 24.2 Å². The zero-order chi connectivity index (χ0) is 27.6. The Morgan fingerprint density at radius 2 is 1.79 bits per heavy atom. The van der Waals surface area contributed by atoms with Crippen LogP contribution < -0.4 is 14.8 Å². The molecule has 0 aliphatic carbocycles. The molecule has 0 fully saturated rings. The molecule has 0 atom stereocenters. The van der Waals surface area contributed by atoms with Gasteiger partial charge in [-0.25, -0.2) is 14.2 Å². The highest BCUT2D eigenvalue weighted by Gasteiger charge is 2.31. The quantitative estimate of drug-likeness (QED) is 0.170. The Morgan fingerprint density at radius 1 is 1.05 bits per heavy atom. The number of hydrogen-bond donors (Lipinski definition) is 2. The summed E-state index contributed by atoms with van der Waals surface area (Å²) < 4.78 is 50.1. The average Bonchev–Trinajstić information content (AvgIpc) is 3.33. The Balaban J connectivity index is 1.27. The van der Waals surface area contributed by atoms with Gasteiger partial charge in [-0.3, -0.25) is 9.12 Å². The molecule has 11 heteroatoms. The van der Waals surface area contributed by atoms with Gasteiger partial charge in [-0.2, -0.15) is 0 Å². The maximum atomic E-state index is 12.5. The number of aromatic nitrogens is 2. The smallest absolute Gasteiger partial charge is 0.406 e. The minimum absolute atomic E-state index is 0.282. The summed E-state index contributed by atoms with van der Waals surface area (Å²) in [5, 5.41) is 4.67. The number of anilines is 1. The number of carbonyl (C=O) groups excluding carboxylic acids is 1. The molecule has 0 aliphatic rings. The lowest BCUT2D eigenvalue weighted by atomic mass is 10.1. The van der Waals surface area contributed by atoms with Crippen LogP contribution in [0.3, 0.4) is 0 Å². The number of nitrogens with zero attached hydrogens (tertiary/aromatic N) is 3. The van der Waals surface area contributed by atoms with Gasteiger partial charge in [0.05, 0.1) is 24.0 Å². The van der Waals surface area contributed by atoms with Crippen LogP contribution in [-0.2, 0) is 0 Å². The molecule has 2 N–H and O–H groups in total. The molecule has 0 saturated heterocycles. The van der Waals surface area contributed by atoms with Crippen molar-refractivity contribution in [2.24, 2.45) is 4.40 Å². The number of para-hydroxylation sites is 1. The molecular weight excluding hydrogens is 527 g/mol. The third kappa shape index (κ3) is 5.99. The Morgan fingerprint density at radius 3 is 2.51 bits per heavy atom. The molecule has 2 amide bonds. The molecule has 198 valence electrons. The third-order valence-electron chi connectivity index (χ3n) is 6.01. The van der Waals surface area contributed by atoms with Crippen molar-refractivity contribution >= 4 is 46.5 Å². The number of hydrogen-bond acceptors (Lipinski definition) is 5. The molecule has 0 bridgehead atoms. The highest BCUT2D eigenvalue weighted by atomic mass is 32.2. The lowest BCUT2D eigenvalue weighted by molar-refractivity contribution is -0.274. The number of halogens is 3. The van der Waals surface area contributed by atoms with Gasteiger partial charge in [-0.1, -0.05) is 24.3 Å². The van der Waals surface area contributed by atoms with Crippen molar-refractivity contribution in [3.63, 3.8) is 0 Å². The zero-order valence-electron chi connectivity index (χ0n) is 20.8. The van der Waals surface area contributed by atoms with Crippen molar-refractivity contribution in [1.82, 2.24) is 14.1 Å². The van der Waals surface area contributed by atoms with Crippen molar-refractivity contribution in [1.29, 1.82) is 0 Å². The highest BCUT2D eigenvalue weighted by molar-refractivity contribution is 7.96. The summed E-state index contributed by atoms with van der Waals surface area (Å²) in [5.74, 6) is -0.282. The molecule has 0 unspecified atom stereocenters. The molecule has 3 aromatic carbocycles. The van der Waals surface area contributed by atoms with Gasteiger partial charge in [0.25, 0.3) is 0 Å². The summed E-state index contributed by atoms with van der Waals surface area (Å²) in [6.07, 6.45) is 0.442. The van der Waals surface area contributed by atoms with Crippen LogP contribution in [0.1, 0.15) is 16.7 Å². The molecule has 5 rings (SSSR count). The van der Waals surface area contributed by atoms with Gasteiger partial charge in [0.15, 0.2) is 0 Å². The van der Waals surface area contributed by atoms with Crippen LogP contribution in [0.4, 0.5) is 23.7 Å². The second-order valence-corrected chi connectivity index (χ2v) is 9.32. The lowest BCUT2D eigenvalue weighted by Gasteiger charge is -2.10. The fourth-order valence-corrected chi connectivity index (χ4v) is 4.58. The Bertz CT molecular complexity index is 1680. The molecule has 0 saturated carbocycles. The first-order valence-electron chi connectivity index (χ1n) is 11.8. The third-order valence-corrected chi connectivity index (χ3v) is 6.50. The number of rotatable bonds is 6. The summed E-state index contributed by atoms with van der Waals surface area (Å²) in [7, 11) is 0. The van der Waals surface area contributed by atoms with Gasteiger partial charge in [0.1, 0.15) is 11.4 Å². The normalized spacial score (nSPS) is 11.8. The van der Waals surface area contributed by atoms with Crippen LogP contribution in [0, 0.1) is 13.8 Å².